The van der Waals surface area contributed by atoms with Crippen LogP contribution in [-0.2, 0) is 23.9 Å². The Labute approximate surface area is 149 Å². The maximum absolute atomic E-state index is 12.6. The van der Waals surface area contributed by atoms with Crippen molar-refractivity contribution in [1.29, 1.82) is 0 Å². The highest BCUT2D eigenvalue weighted by molar-refractivity contribution is 5.97. The topological polar surface area (TPSA) is 69.7 Å². The lowest BCUT2D eigenvalue weighted by molar-refractivity contribution is -0.155. The molecular formula is C20H30O5. The van der Waals surface area contributed by atoms with E-state index < -0.39 is 23.2 Å². The van der Waals surface area contributed by atoms with Crippen molar-refractivity contribution in [2.24, 2.45) is 52.8 Å². The first-order chi connectivity index (χ1) is 11.6. The molecule has 25 heavy (non-hydrogen) atoms. The summed E-state index contributed by atoms with van der Waals surface area (Å²) in [6.07, 6.45) is 1.43. The molecule has 0 spiro atoms. The molecule has 3 aliphatic rings. The second-order valence-corrected chi connectivity index (χ2v) is 9.17. The van der Waals surface area contributed by atoms with Gasteiger partial charge in [-0.15, -0.1) is 0 Å². The van der Waals surface area contributed by atoms with Crippen molar-refractivity contribution in [1.82, 2.24) is 0 Å². The van der Waals surface area contributed by atoms with Crippen LogP contribution in [0.1, 0.15) is 47.5 Å². The first-order valence-electron chi connectivity index (χ1n) is 9.44. The van der Waals surface area contributed by atoms with E-state index in [4.69, 9.17) is 9.47 Å². The van der Waals surface area contributed by atoms with Crippen molar-refractivity contribution < 1.29 is 23.9 Å². The molecule has 1 saturated heterocycles. The number of cyclic esters (lactones) is 2. The zero-order chi connectivity index (χ0) is 18.7. The third-order valence-electron chi connectivity index (χ3n) is 7.59. The Morgan fingerprint density at radius 3 is 2.24 bits per heavy atom. The fourth-order valence-electron chi connectivity index (χ4n) is 6.09. The molecule has 2 aliphatic carbocycles. The van der Waals surface area contributed by atoms with E-state index in [-0.39, 0.29) is 17.9 Å². The standard InChI is InChI=1S/C20H30O5/c1-9-10(2)13-7-12(9)11(3)15(13)16-14(17(21)25-18(16)22)8-20(4,5)19(23)24-6/h9-16H,7-8H2,1-6H3. The molecule has 5 nitrogen and oxygen atoms in total. The van der Waals surface area contributed by atoms with Crippen LogP contribution in [0.2, 0.25) is 0 Å². The van der Waals surface area contributed by atoms with Crippen LogP contribution in [0.5, 0.6) is 0 Å². The molecule has 3 fully saturated rings. The maximum atomic E-state index is 12.6. The second kappa shape index (κ2) is 6.10. The van der Waals surface area contributed by atoms with E-state index in [1.807, 2.05) is 0 Å². The number of hydrogen-bond acceptors (Lipinski definition) is 5. The molecule has 0 N–H and O–H groups in total. The number of carbonyl (C=O) groups excluding carboxylic acids is 3. The molecule has 140 valence electrons. The zero-order valence-electron chi connectivity index (χ0n) is 16.1. The molecule has 1 aliphatic heterocycles. The van der Waals surface area contributed by atoms with Crippen LogP contribution in [0, 0.1) is 52.8 Å². The molecule has 8 unspecified atom stereocenters. The Morgan fingerprint density at radius 2 is 1.68 bits per heavy atom. The van der Waals surface area contributed by atoms with E-state index in [1.54, 1.807) is 13.8 Å². The van der Waals surface area contributed by atoms with Gasteiger partial charge < -0.3 is 9.47 Å². The van der Waals surface area contributed by atoms with Crippen LogP contribution >= 0.6 is 0 Å². The maximum Gasteiger partial charge on any atom is 0.317 e. The minimum atomic E-state index is -0.818. The van der Waals surface area contributed by atoms with E-state index >= 15 is 0 Å². The SMILES string of the molecule is COC(=O)C(C)(C)CC1C(=O)OC(=O)C1C1C(C)C2CC1C(C)C2C. The summed E-state index contributed by atoms with van der Waals surface area (Å²) in [5.74, 6) is 0.691. The summed E-state index contributed by atoms with van der Waals surface area (Å²) >= 11 is 0. The summed E-state index contributed by atoms with van der Waals surface area (Å²) in [5.41, 5.74) is -0.818. The van der Waals surface area contributed by atoms with E-state index in [0.717, 1.165) is 6.42 Å². The van der Waals surface area contributed by atoms with E-state index in [9.17, 15) is 14.4 Å². The van der Waals surface area contributed by atoms with Gasteiger partial charge in [-0.25, -0.2) is 0 Å². The van der Waals surface area contributed by atoms with Gasteiger partial charge in [0, 0.05) is 0 Å². The minimum absolute atomic E-state index is 0.175. The van der Waals surface area contributed by atoms with Gasteiger partial charge in [0.2, 0.25) is 0 Å². The van der Waals surface area contributed by atoms with Gasteiger partial charge in [0.15, 0.2) is 0 Å². The number of esters is 3. The smallest absolute Gasteiger partial charge is 0.317 e. The van der Waals surface area contributed by atoms with Gasteiger partial charge in [0.25, 0.3) is 0 Å². The first kappa shape index (κ1) is 18.4. The number of hydrogen-bond donors (Lipinski definition) is 0. The van der Waals surface area contributed by atoms with Gasteiger partial charge in [-0.2, -0.15) is 0 Å². The van der Waals surface area contributed by atoms with Crippen molar-refractivity contribution in [2.75, 3.05) is 7.11 Å². The van der Waals surface area contributed by atoms with Crippen molar-refractivity contribution in [3.8, 4) is 0 Å². The van der Waals surface area contributed by atoms with Gasteiger partial charge in [-0.05, 0) is 62.2 Å². The fraction of sp³-hybridized carbons (Fsp3) is 0.850. The summed E-state index contributed by atoms with van der Waals surface area (Å²) < 4.78 is 9.92. The van der Waals surface area contributed by atoms with Gasteiger partial charge in [-0.1, -0.05) is 20.8 Å². The molecule has 0 radical (unpaired) electrons. The van der Waals surface area contributed by atoms with Crippen molar-refractivity contribution >= 4 is 17.9 Å². The summed E-state index contributed by atoms with van der Waals surface area (Å²) in [4.78, 5) is 37.0. The van der Waals surface area contributed by atoms with E-state index in [2.05, 4.69) is 20.8 Å². The molecule has 8 atom stereocenters. The van der Waals surface area contributed by atoms with E-state index in [0.29, 0.717) is 36.0 Å². The Morgan fingerprint density at radius 1 is 1.08 bits per heavy atom. The van der Waals surface area contributed by atoms with Gasteiger partial charge in [0.1, 0.15) is 0 Å². The highest BCUT2D eigenvalue weighted by atomic mass is 16.6. The molecule has 0 aromatic carbocycles. The summed E-state index contributed by atoms with van der Waals surface area (Å²) in [5, 5.41) is 0. The van der Waals surface area contributed by atoms with Crippen LogP contribution < -0.4 is 0 Å². The second-order valence-electron chi connectivity index (χ2n) is 9.17. The average molecular weight is 350 g/mol. The lowest BCUT2D eigenvalue weighted by Crippen LogP contribution is -2.41. The highest BCUT2D eigenvalue weighted by Crippen LogP contribution is 2.62. The Hall–Kier alpha value is -1.39. The molecule has 5 heteroatoms. The van der Waals surface area contributed by atoms with Crippen LogP contribution in [0.4, 0.5) is 0 Å². The lowest BCUT2D eigenvalue weighted by Gasteiger charge is -2.40. The normalized spacial score (nSPS) is 43.4. The molecule has 3 rings (SSSR count). The largest absolute Gasteiger partial charge is 0.469 e. The van der Waals surface area contributed by atoms with Crippen molar-refractivity contribution in [3.63, 3.8) is 0 Å². The van der Waals surface area contributed by atoms with Gasteiger partial charge in [0.05, 0.1) is 24.4 Å². The first-order valence-corrected chi connectivity index (χ1v) is 9.44. The van der Waals surface area contributed by atoms with Gasteiger partial charge in [-0.3, -0.25) is 14.4 Å². The monoisotopic (exact) mass is 350 g/mol. The average Bonchev–Trinajstić information content (AvgIpc) is 3.11. The lowest BCUT2D eigenvalue weighted by atomic mass is 9.62. The molecule has 0 aromatic rings. The summed E-state index contributed by atoms with van der Waals surface area (Å²) in [6, 6.07) is 0. The predicted molar refractivity (Wildman–Crippen MR) is 91.1 cm³/mol. The van der Waals surface area contributed by atoms with Gasteiger partial charge >= 0.3 is 17.9 Å². The Bertz CT molecular complexity index is 595. The zero-order valence-corrected chi connectivity index (χ0v) is 16.1. The summed E-state index contributed by atoms with van der Waals surface area (Å²) in [7, 11) is 1.35. The number of rotatable bonds is 4. The molecule has 2 bridgehead atoms. The highest BCUT2D eigenvalue weighted by Gasteiger charge is 2.61. The fourth-order valence-corrected chi connectivity index (χ4v) is 6.09. The Balaban J connectivity index is 1.88. The molecule has 1 heterocycles. The third kappa shape index (κ3) is 2.70. The molecule has 2 saturated carbocycles. The third-order valence-corrected chi connectivity index (χ3v) is 7.59. The minimum Gasteiger partial charge on any atom is -0.469 e. The number of ether oxygens (including phenoxy) is 2. The molecular weight excluding hydrogens is 320 g/mol. The number of fused-ring (bicyclic) bond motifs is 2. The van der Waals surface area contributed by atoms with Crippen molar-refractivity contribution in [2.45, 2.75) is 47.5 Å². The molecule has 0 amide bonds. The summed E-state index contributed by atoms with van der Waals surface area (Å²) in [6.45, 7) is 10.3. The number of methoxy groups -OCH3 is 1. The van der Waals surface area contributed by atoms with E-state index in [1.165, 1.54) is 7.11 Å². The molecule has 0 aromatic heterocycles. The Kier molecular flexibility index (Phi) is 4.49. The number of carbonyl (C=O) groups is 3. The van der Waals surface area contributed by atoms with Crippen molar-refractivity contribution in [3.05, 3.63) is 0 Å². The quantitative estimate of drug-likeness (QED) is 0.576. The van der Waals surface area contributed by atoms with Crippen LogP contribution in [-0.4, -0.2) is 25.0 Å². The van der Waals surface area contributed by atoms with Crippen LogP contribution in [0.3, 0.4) is 0 Å². The van der Waals surface area contributed by atoms with Crippen LogP contribution in [0.25, 0.3) is 0 Å². The van der Waals surface area contributed by atoms with Crippen LogP contribution in [0.15, 0.2) is 0 Å². The predicted octanol–water partition coefficient (Wildman–Crippen LogP) is 3.07.